The Balaban J connectivity index is 0.00000125. The second-order valence-corrected chi connectivity index (χ2v) is 12.0. The van der Waals surface area contributed by atoms with Gasteiger partial charge in [-0.3, -0.25) is 25.0 Å². The maximum absolute atomic E-state index is 14.1. The SMILES string of the molecule is CCOC(=O)C1=C(C)NC(C)=C(C(=O)OC(=O)C2=C(C)NC(C)=C(C(=O)OCC)[C@@H]2c2cccc([N+](=O)[O-])c2)[C@H]1c1cccc([N+](=O)[O-])c1.CCOC(C)=O. The summed E-state index contributed by atoms with van der Waals surface area (Å²) in [5, 5.41) is 29.2. The molecule has 17 nitrogen and oxygen atoms in total. The van der Waals surface area contributed by atoms with E-state index in [9.17, 15) is 44.2 Å². The topological polar surface area (TPSA) is 233 Å². The first-order valence-corrected chi connectivity index (χ1v) is 17.1. The van der Waals surface area contributed by atoms with Crippen molar-refractivity contribution in [3.05, 3.63) is 125 Å². The molecule has 0 fully saturated rings. The van der Waals surface area contributed by atoms with Crippen LogP contribution in [0, 0.1) is 20.2 Å². The van der Waals surface area contributed by atoms with Crippen LogP contribution in [0.1, 0.15) is 78.4 Å². The molecule has 17 heteroatoms. The number of nitro benzene ring substituents is 2. The molecule has 0 aromatic heterocycles. The second-order valence-electron chi connectivity index (χ2n) is 12.0. The molecule has 0 radical (unpaired) electrons. The molecule has 0 saturated carbocycles. The molecule has 292 valence electrons. The van der Waals surface area contributed by atoms with Crippen molar-refractivity contribution in [3.63, 3.8) is 0 Å². The van der Waals surface area contributed by atoms with Crippen LogP contribution in [-0.4, -0.2) is 59.5 Å². The van der Waals surface area contributed by atoms with Crippen molar-refractivity contribution in [1.29, 1.82) is 0 Å². The maximum atomic E-state index is 14.1. The van der Waals surface area contributed by atoms with Gasteiger partial charge in [-0.1, -0.05) is 24.3 Å². The van der Waals surface area contributed by atoms with Crippen molar-refractivity contribution in [1.82, 2.24) is 10.6 Å². The molecular formula is C38H42N4O13. The Morgan fingerprint density at radius 3 is 1.18 bits per heavy atom. The molecular weight excluding hydrogens is 720 g/mol. The van der Waals surface area contributed by atoms with Gasteiger partial charge >= 0.3 is 29.8 Å². The molecule has 2 atom stereocenters. The Labute approximate surface area is 316 Å². The number of dihydropyridines is 2. The van der Waals surface area contributed by atoms with Crippen molar-refractivity contribution in [2.75, 3.05) is 19.8 Å². The average molecular weight is 763 g/mol. The number of rotatable bonds is 11. The monoisotopic (exact) mass is 762 g/mol. The number of esters is 5. The first-order chi connectivity index (χ1) is 26.0. The van der Waals surface area contributed by atoms with Gasteiger partial charge in [-0.15, -0.1) is 0 Å². The molecule has 55 heavy (non-hydrogen) atoms. The highest BCUT2D eigenvalue weighted by Crippen LogP contribution is 2.43. The van der Waals surface area contributed by atoms with Crippen molar-refractivity contribution >= 4 is 41.2 Å². The van der Waals surface area contributed by atoms with E-state index in [0.29, 0.717) is 18.0 Å². The third-order valence-electron chi connectivity index (χ3n) is 8.31. The molecule has 0 saturated heterocycles. The summed E-state index contributed by atoms with van der Waals surface area (Å²) in [4.78, 5) is 86.5. The summed E-state index contributed by atoms with van der Waals surface area (Å²) in [5.41, 5.74) is 0.333. The van der Waals surface area contributed by atoms with E-state index in [1.54, 1.807) is 34.6 Å². The second kappa shape index (κ2) is 18.9. The minimum Gasteiger partial charge on any atom is -0.466 e. The lowest BCUT2D eigenvalue weighted by Gasteiger charge is -2.32. The molecule has 2 heterocycles. The fraction of sp³-hybridized carbons (Fsp3) is 0.342. The number of ether oxygens (including phenoxy) is 4. The number of allylic oxidation sites excluding steroid dienone is 4. The molecule has 0 bridgehead atoms. The van der Waals surface area contributed by atoms with Gasteiger partial charge < -0.3 is 29.6 Å². The quantitative estimate of drug-likeness (QED) is 0.0954. The van der Waals surface area contributed by atoms with Crippen molar-refractivity contribution in [3.8, 4) is 0 Å². The molecule has 0 spiro atoms. The lowest BCUT2D eigenvalue weighted by atomic mass is 9.79. The van der Waals surface area contributed by atoms with Crippen LogP contribution in [0.15, 0.2) is 93.6 Å². The number of nitrogens with one attached hydrogen (secondary N) is 2. The largest absolute Gasteiger partial charge is 0.466 e. The lowest BCUT2D eigenvalue weighted by molar-refractivity contribution is -0.385. The van der Waals surface area contributed by atoms with Gasteiger partial charge in [-0.2, -0.15) is 0 Å². The van der Waals surface area contributed by atoms with Gasteiger partial charge in [0.2, 0.25) is 0 Å². The summed E-state index contributed by atoms with van der Waals surface area (Å²) in [6.07, 6.45) is 0. The van der Waals surface area contributed by atoms with E-state index >= 15 is 0 Å². The number of benzene rings is 2. The van der Waals surface area contributed by atoms with Gasteiger partial charge in [0.05, 0.1) is 63.8 Å². The van der Waals surface area contributed by atoms with E-state index in [1.165, 1.54) is 69.3 Å². The lowest BCUT2D eigenvalue weighted by Crippen LogP contribution is -2.35. The number of hydrogen-bond donors (Lipinski definition) is 2. The summed E-state index contributed by atoms with van der Waals surface area (Å²) in [6, 6.07) is 10.7. The molecule has 2 aliphatic heterocycles. The summed E-state index contributed by atoms with van der Waals surface area (Å²) in [7, 11) is 0. The van der Waals surface area contributed by atoms with Crippen LogP contribution in [0.2, 0.25) is 0 Å². The number of nitrogens with zero attached hydrogens (tertiary/aromatic N) is 2. The van der Waals surface area contributed by atoms with Gasteiger partial charge in [-0.25, -0.2) is 19.2 Å². The summed E-state index contributed by atoms with van der Waals surface area (Å²) >= 11 is 0. The van der Waals surface area contributed by atoms with Crippen LogP contribution in [-0.2, 0) is 42.9 Å². The van der Waals surface area contributed by atoms with Crippen LogP contribution in [0.25, 0.3) is 0 Å². The molecule has 2 aromatic rings. The Kier molecular flexibility index (Phi) is 14.7. The molecule has 0 aliphatic carbocycles. The molecule has 4 rings (SSSR count). The average Bonchev–Trinajstić information content (AvgIpc) is 3.11. The highest BCUT2D eigenvalue weighted by Gasteiger charge is 2.42. The van der Waals surface area contributed by atoms with Gasteiger partial charge in [0.15, 0.2) is 0 Å². The summed E-state index contributed by atoms with van der Waals surface area (Å²) < 4.78 is 20.4. The number of hydrogen-bond acceptors (Lipinski definition) is 15. The Morgan fingerprint density at radius 1 is 0.582 bits per heavy atom. The standard InChI is InChI=1S/C34H34N4O11.C4H8O2/c1-7-47-31(39)25-17(3)35-19(5)27(29(25)21-11-9-13-23(15-21)37(43)44)33(41)49-34(42)28-20(6)36-18(4)26(32(40)48-8-2)30(28)22-12-10-14-24(16-22)38(45)46;1-3-6-4(2)5/h9-16,29-30,35-36H,7-8H2,1-6H3;3H2,1-2H3/t29-,30-;/m0./s1. The fourth-order valence-corrected chi connectivity index (χ4v) is 6.19. The van der Waals surface area contributed by atoms with Crippen LogP contribution < -0.4 is 10.6 Å². The molecule has 0 unspecified atom stereocenters. The Hall–Kier alpha value is -6.65. The normalized spacial score (nSPS) is 16.5. The van der Waals surface area contributed by atoms with Crippen LogP contribution in [0.3, 0.4) is 0 Å². The molecule has 2 aliphatic rings. The zero-order valence-corrected chi connectivity index (χ0v) is 31.6. The van der Waals surface area contributed by atoms with E-state index in [0.717, 1.165) is 0 Å². The number of non-ortho nitro benzene ring substituents is 2. The predicted molar refractivity (Wildman–Crippen MR) is 195 cm³/mol. The van der Waals surface area contributed by atoms with E-state index in [2.05, 4.69) is 15.4 Å². The third-order valence-corrected chi connectivity index (χ3v) is 8.31. The Morgan fingerprint density at radius 2 is 0.909 bits per heavy atom. The zero-order valence-electron chi connectivity index (χ0n) is 31.6. The van der Waals surface area contributed by atoms with E-state index in [1.807, 2.05) is 0 Å². The van der Waals surface area contributed by atoms with Crippen molar-refractivity contribution < 1.29 is 52.8 Å². The minimum atomic E-state index is -1.25. The molecule has 2 aromatic carbocycles. The van der Waals surface area contributed by atoms with Crippen LogP contribution in [0.5, 0.6) is 0 Å². The van der Waals surface area contributed by atoms with Crippen molar-refractivity contribution in [2.45, 2.75) is 67.2 Å². The third kappa shape index (κ3) is 10.1. The zero-order chi connectivity index (χ0) is 41.1. The fourth-order valence-electron chi connectivity index (χ4n) is 6.19. The van der Waals surface area contributed by atoms with Gasteiger partial charge in [0, 0.05) is 54.0 Å². The van der Waals surface area contributed by atoms with Crippen LogP contribution >= 0.6 is 0 Å². The Bertz CT molecular complexity index is 1910. The molecule has 0 amide bonds. The predicted octanol–water partition coefficient (Wildman–Crippen LogP) is 5.44. The van der Waals surface area contributed by atoms with E-state index in [-0.39, 0.29) is 75.4 Å². The smallest absolute Gasteiger partial charge is 0.344 e. The first kappa shape index (κ1) is 42.8. The van der Waals surface area contributed by atoms with Crippen molar-refractivity contribution in [2.24, 2.45) is 0 Å². The van der Waals surface area contributed by atoms with E-state index < -0.39 is 45.6 Å². The van der Waals surface area contributed by atoms with Gasteiger partial charge in [-0.05, 0) is 59.6 Å². The summed E-state index contributed by atoms with van der Waals surface area (Å²) in [5.74, 6) is -6.68. The molecule has 2 N–H and O–H groups in total. The minimum absolute atomic E-state index is 0.00651. The number of carbonyl (C=O) groups is 5. The van der Waals surface area contributed by atoms with E-state index in [4.69, 9.17) is 14.2 Å². The number of nitro groups is 2. The van der Waals surface area contributed by atoms with Gasteiger partial charge in [0.1, 0.15) is 0 Å². The van der Waals surface area contributed by atoms with Gasteiger partial charge in [0.25, 0.3) is 11.4 Å². The highest BCUT2D eigenvalue weighted by molar-refractivity contribution is 6.08. The number of carbonyl (C=O) groups excluding carboxylic acids is 5. The van der Waals surface area contributed by atoms with Crippen LogP contribution in [0.4, 0.5) is 11.4 Å². The highest BCUT2D eigenvalue weighted by atomic mass is 16.6. The summed E-state index contributed by atoms with van der Waals surface area (Å²) in [6.45, 7) is 13.0. The first-order valence-electron chi connectivity index (χ1n) is 17.1. The maximum Gasteiger partial charge on any atom is 0.344 e.